The van der Waals surface area contributed by atoms with Gasteiger partial charge in [0.2, 0.25) is 0 Å². The summed E-state index contributed by atoms with van der Waals surface area (Å²) in [5.74, 6) is 8.06. The first-order valence-corrected chi connectivity index (χ1v) is 6.27. The van der Waals surface area contributed by atoms with Gasteiger partial charge < -0.3 is 15.4 Å². The Morgan fingerprint density at radius 1 is 1.44 bits per heavy atom. The quantitative estimate of drug-likeness (QED) is 0.538. The van der Waals surface area contributed by atoms with Crippen LogP contribution in [0.15, 0.2) is 0 Å². The van der Waals surface area contributed by atoms with Crippen molar-refractivity contribution in [1.29, 1.82) is 0 Å². The number of nitrogens with zero attached hydrogens (tertiary/aromatic N) is 3. The Morgan fingerprint density at radius 3 is 2.72 bits per heavy atom. The summed E-state index contributed by atoms with van der Waals surface area (Å²) in [5.41, 5.74) is 3.56. The maximum atomic E-state index is 9.65. The van der Waals surface area contributed by atoms with E-state index in [2.05, 4.69) is 20.3 Å². The van der Waals surface area contributed by atoms with E-state index < -0.39 is 0 Å². The van der Waals surface area contributed by atoms with Gasteiger partial charge in [-0.2, -0.15) is 0 Å². The molecule has 1 saturated heterocycles. The van der Waals surface area contributed by atoms with Crippen molar-refractivity contribution in [1.82, 2.24) is 9.97 Å². The van der Waals surface area contributed by atoms with Crippen molar-refractivity contribution in [2.45, 2.75) is 33.3 Å². The molecule has 4 N–H and O–H groups in total. The van der Waals surface area contributed by atoms with E-state index in [-0.39, 0.29) is 6.10 Å². The molecule has 1 fully saturated rings. The minimum atomic E-state index is -0.273. The molecule has 18 heavy (non-hydrogen) atoms. The summed E-state index contributed by atoms with van der Waals surface area (Å²) in [5, 5.41) is 9.65. The number of aryl methyl sites for hydroxylation is 1. The molecule has 0 saturated carbocycles. The van der Waals surface area contributed by atoms with Gasteiger partial charge in [-0.05, 0) is 27.2 Å². The summed E-state index contributed by atoms with van der Waals surface area (Å²) < 4.78 is 0. The summed E-state index contributed by atoms with van der Waals surface area (Å²) in [6.07, 6.45) is 0.719. The Morgan fingerprint density at radius 2 is 2.17 bits per heavy atom. The molecule has 2 unspecified atom stereocenters. The highest BCUT2D eigenvalue weighted by atomic mass is 16.3. The van der Waals surface area contributed by atoms with Crippen molar-refractivity contribution >= 4 is 11.6 Å². The van der Waals surface area contributed by atoms with E-state index in [0.717, 1.165) is 30.9 Å². The number of nitrogens with two attached hydrogens (primary N) is 1. The lowest BCUT2D eigenvalue weighted by Crippen LogP contribution is -2.26. The van der Waals surface area contributed by atoms with E-state index in [4.69, 9.17) is 5.84 Å². The molecule has 0 bridgehead atoms. The smallest absolute Gasteiger partial charge is 0.148 e. The molecule has 0 aliphatic carbocycles. The second-order valence-electron chi connectivity index (χ2n) is 4.95. The lowest BCUT2D eigenvalue weighted by molar-refractivity contribution is 0.136. The number of nitrogen functional groups attached to an aromatic ring is 1. The van der Waals surface area contributed by atoms with Crippen LogP contribution >= 0.6 is 0 Å². The lowest BCUT2D eigenvalue weighted by Gasteiger charge is -2.22. The number of rotatable bonds is 3. The largest absolute Gasteiger partial charge is 0.393 e. The normalized spacial score (nSPS) is 21.2. The van der Waals surface area contributed by atoms with E-state index in [0.29, 0.717) is 17.6 Å². The zero-order valence-electron chi connectivity index (χ0n) is 11.1. The molecular weight excluding hydrogens is 230 g/mol. The van der Waals surface area contributed by atoms with Crippen LogP contribution in [0.1, 0.15) is 24.7 Å². The van der Waals surface area contributed by atoms with Crippen molar-refractivity contribution < 1.29 is 5.11 Å². The molecule has 6 heteroatoms. The monoisotopic (exact) mass is 251 g/mol. The Hall–Kier alpha value is -1.40. The molecule has 2 atom stereocenters. The molecule has 1 aliphatic heterocycles. The molecule has 1 aromatic heterocycles. The number of anilines is 2. The SMILES string of the molecule is Cc1nc(NN)c(C)c(N2CCC(C(C)O)C2)n1. The maximum Gasteiger partial charge on any atom is 0.148 e. The van der Waals surface area contributed by atoms with Gasteiger partial charge in [-0.1, -0.05) is 0 Å². The molecule has 1 aliphatic rings. The summed E-state index contributed by atoms with van der Waals surface area (Å²) in [6.45, 7) is 7.40. The van der Waals surface area contributed by atoms with Crippen LogP contribution in [0.2, 0.25) is 0 Å². The fourth-order valence-corrected chi connectivity index (χ4v) is 2.44. The van der Waals surface area contributed by atoms with Gasteiger partial charge >= 0.3 is 0 Å². The molecule has 0 amide bonds. The van der Waals surface area contributed by atoms with Crippen molar-refractivity contribution in [2.75, 3.05) is 23.4 Å². The molecule has 0 radical (unpaired) electrons. The number of aliphatic hydroxyl groups is 1. The summed E-state index contributed by atoms with van der Waals surface area (Å²) in [6, 6.07) is 0. The van der Waals surface area contributed by atoms with Crippen LogP contribution in [0.4, 0.5) is 11.6 Å². The van der Waals surface area contributed by atoms with Crippen LogP contribution < -0.4 is 16.2 Å². The van der Waals surface area contributed by atoms with Gasteiger partial charge in [0.1, 0.15) is 17.5 Å². The first-order chi connectivity index (χ1) is 8.52. The summed E-state index contributed by atoms with van der Waals surface area (Å²) >= 11 is 0. The van der Waals surface area contributed by atoms with Crippen molar-refractivity contribution in [2.24, 2.45) is 11.8 Å². The number of hydrogen-bond donors (Lipinski definition) is 3. The fourth-order valence-electron chi connectivity index (χ4n) is 2.44. The summed E-state index contributed by atoms with van der Waals surface area (Å²) in [4.78, 5) is 10.9. The average Bonchev–Trinajstić information content (AvgIpc) is 2.81. The Labute approximate surface area is 107 Å². The molecule has 2 rings (SSSR count). The highest BCUT2D eigenvalue weighted by Gasteiger charge is 2.28. The van der Waals surface area contributed by atoms with Gasteiger partial charge in [0.25, 0.3) is 0 Å². The van der Waals surface area contributed by atoms with Gasteiger partial charge in [0.15, 0.2) is 0 Å². The van der Waals surface area contributed by atoms with Gasteiger partial charge in [-0.3, -0.25) is 0 Å². The Kier molecular flexibility index (Phi) is 3.68. The van der Waals surface area contributed by atoms with Gasteiger partial charge in [0.05, 0.1) is 6.10 Å². The van der Waals surface area contributed by atoms with E-state index in [1.807, 2.05) is 20.8 Å². The zero-order valence-corrected chi connectivity index (χ0v) is 11.1. The lowest BCUT2D eigenvalue weighted by atomic mass is 10.0. The standard InChI is InChI=1S/C12H21N5O/c1-7-11(16-13)14-9(3)15-12(7)17-5-4-10(6-17)8(2)18/h8,10,18H,4-6,13H2,1-3H3,(H,14,15,16). The van der Waals surface area contributed by atoms with Crippen molar-refractivity contribution in [3.05, 3.63) is 11.4 Å². The third-order valence-corrected chi connectivity index (χ3v) is 3.58. The summed E-state index contributed by atoms with van der Waals surface area (Å²) in [7, 11) is 0. The van der Waals surface area contributed by atoms with E-state index >= 15 is 0 Å². The third-order valence-electron chi connectivity index (χ3n) is 3.58. The minimum absolute atomic E-state index is 0.273. The average molecular weight is 251 g/mol. The van der Waals surface area contributed by atoms with E-state index in [1.165, 1.54) is 0 Å². The predicted molar refractivity (Wildman–Crippen MR) is 71.3 cm³/mol. The van der Waals surface area contributed by atoms with Gasteiger partial charge in [-0.15, -0.1) is 0 Å². The van der Waals surface area contributed by atoms with Crippen molar-refractivity contribution in [3.8, 4) is 0 Å². The molecule has 0 aromatic carbocycles. The number of hydrogen-bond acceptors (Lipinski definition) is 6. The number of hydrazine groups is 1. The Bertz CT molecular complexity index is 435. The minimum Gasteiger partial charge on any atom is -0.393 e. The highest BCUT2D eigenvalue weighted by Crippen LogP contribution is 2.29. The van der Waals surface area contributed by atoms with E-state index in [9.17, 15) is 5.11 Å². The molecule has 0 spiro atoms. The topological polar surface area (TPSA) is 87.3 Å². The van der Waals surface area contributed by atoms with Crippen molar-refractivity contribution in [3.63, 3.8) is 0 Å². The van der Waals surface area contributed by atoms with E-state index in [1.54, 1.807) is 0 Å². The number of aliphatic hydroxyl groups excluding tert-OH is 1. The van der Waals surface area contributed by atoms with Crippen LogP contribution in [0.25, 0.3) is 0 Å². The maximum absolute atomic E-state index is 9.65. The van der Waals surface area contributed by atoms with Crippen LogP contribution in [0, 0.1) is 19.8 Å². The molecular formula is C12H21N5O. The molecule has 2 heterocycles. The molecule has 1 aromatic rings. The second-order valence-corrected chi connectivity index (χ2v) is 4.95. The zero-order chi connectivity index (χ0) is 13.3. The predicted octanol–water partition coefficient (Wildman–Crippen LogP) is 0.586. The third kappa shape index (κ3) is 2.39. The second kappa shape index (κ2) is 5.07. The van der Waals surface area contributed by atoms with Gasteiger partial charge in [-0.25, -0.2) is 15.8 Å². The Balaban J connectivity index is 2.26. The van der Waals surface area contributed by atoms with Crippen LogP contribution in [-0.4, -0.2) is 34.3 Å². The highest BCUT2D eigenvalue weighted by molar-refractivity contribution is 5.58. The fraction of sp³-hybridized carbons (Fsp3) is 0.667. The van der Waals surface area contributed by atoms with Crippen LogP contribution in [0.5, 0.6) is 0 Å². The molecule has 6 nitrogen and oxygen atoms in total. The number of nitrogens with one attached hydrogen (secondary N) is 1. The first kappa shape index (κ1) is 13.0. The molecule has 100 valence electrons. The van der Waals surface area contributed by atoms with Crippen LogP contribution in [-0.2, 0) is 0 Å². The van der Waals surface area contributed by atoms with Gasteiger partial charge in [0, 0.05) is 24.6 Å². The first-order valence-electron chi connectivity index (χ1n) is 6.27. The van der Waals surface area contributed by atoms with Crippen LogP contribution in [0.3, 0.4) is 0 Å². The number of aromatic nitrogens is 2.